The molecule has 1 aromatic heterocycles. The fourth-order valence-corrected chi connectivity index (χ4v) is 4.75. The van der Waals surface area contributed by atoms with Crippen LogP contribution in [0, 0.1) is 6.92 Å². The van der Waals surface area contributed by atoms with E-state index in [1.54, 1.807) is 0 Å². The molecule has 176 valence electrons. The van der Waals surface area contributed by atoms with Gasteiger partial charge in [0.25, 0.3) is 0 Å². The Morgan fingerprint density at radius 3 is 2.61 bits per heavy atom. The first-order chi connectivity index (χ1) is 14.7. The van der Waals surface area contributed by atoms with E-state index in [4.69, 9.17) is 9.73 Å². The first-order valence-corrected chi connectivity index (χ1v) is 11.6. The fourth-order valence-electron chi connectivity index (χ4n) is 4.75. The number of ether oxygens (including phenoxy) is 1. The van der Waals surface area contributed by atoms with Crippen molar-refractivity contribution in [3.05, 3.63) is 11.6 Å². The fraction of sp³-hybridized carbons (Fsp3) is 0.857. The molecular formula is C21H39IN8O. The molecule has 2 N–H and O–H groups in total. The number of aryl methyl sites for hydroxylation is 1. The van der Waals surface area contributed by atoms with Gasteiger partial charge in [-0.2, -0.15) is 0 Å². The monoisotopic (exact) mass is 546 g/mol. The summed E-state index contributed by atoms with van der Waals surface area (Å²) in [5.74, 6) is 2.70. The summed E-state index contributed by atoms with van der Waals surface area (Å²) in [6.07, 6.45) is 6.72. The molecule has 0 radical (unpaired) electrons. The molecule has 2 saturated heterocycles. The zero-order valence-electron chi connectivity index (χ0n) is 19.1. The minimum absolute atomic E-state index is 0. The first kappa shape index (κ1) is 24.7. The van der Waals surface area contributed by atoms with Crippen LogP contribution in [0.1, 0.15) is 43.8 Å². The summed E-state index contributed by atoms with van der Waals surface area (Å²) < 4.78 is 7.46. The van der Waals surface area contributed by atoms with Crippen LogP contribution in [0.15, 0.2) is 4.99 Å². The van der Waals surface area contributed by atoms with Gasteiger partial charge in [-0.05, 0) is 26.2 Å². The van der Waals surface area contributed by atoms with Crippen LogP contribution >= 0.6 is 24.0 Å². The summed E-state index contributed by atoms with van der Waals surface area (Å²) >= 11 is 0. The van der Waals surface area contributed by atoms with E-state index >= 15 is 0 Å². The van der Waals surface area contributed by atoms with Gasteiger partial charge >= 0.3 is 0 Å². The number of morpholine rings is 1. The molecule has 10 heteroatoms. The lowest BCUT2D eigenvalue weighted by Gasteiger charge is -2.27. The number of aromatic nitrogens is 3. The van der Waals surface area contributed by atoms with Crippen LogP contribution in [-0.2, 0) is 18.3 Å². The van der Waals surface area contributed by atoms with E-state index in [9.17, 15) is 0 Å². The van der Waals surface area contributed by atoms with Crippen molar-refractivity contribution in [1.29, 1.82) is 0 Å². The minimum atomic E-state index is 0. The second-order valence-corrected chi connectivity index (χ2v) is 8.83. The minimum Gasteiger partial charge on any atom is -0.379 e. The maximum absolute atomic E-state index is 5.45. The molecule has 9 nitrogen and oxygen atoms in total. The standard InChI is InChI=1S/C21H38N8O.HI/c1-17-25-26-20(27(17)2)15-23-21(22-8-10-28-11-13-30-14-12-28)24-18-7-9-29(16-18)19-5-3-4-6-19;/h18-19H,3-16H2,1-2H3,(H2,22,23,24);1H. The second-order valence-electron chi connectivity index (χ2n) is 8.83. The number of hydrogen-bond donors (Lipinski definition) is 2. The van der Waals surface area contributed by atoms with Gasteiger partial charge in [0.05, 0.1) is 13.2 Å². The average molecular weight is 547 g/mol. The predicted molar refractivity (Wildman–Crippen MR) is 133 cm³/mol. The number of rotatable bonds is 7. The number of nitrogens with one attached hydrogen (secondary N) is 2. The van der Waals surface area contributed by atoms with Crippen molar-refractivity contribution in [3.63, 3.8) is 0 Å². The van der Waals surface area contributed by atoms with Crippen molar-refractivity contribution >= 4 is 29.9 Å². The van der Waals surface area contributed by atoms with E-state index in [1.807, 2.05) is 18.5 Å². The molecule has 1 atom stereocenters. The van der Waals surface area contributed by atoms with Crippen LogP contribution in [0.4, 0.5) is 0 Å². The summed E-state index contributed by atoms with van der Waals surface area (Å²) in [4.78, 5) is 9.97. The number of guanidine groups is 1. The van der Waals surface area contributed by atoms with Gasteiger partial charge in [0.1, 0.15) is 12.4 Å². The molecule has 2 aliphatic heterocycles. The third-order valence-corrected chi connectivity index (χ3v) is 6.79. The van der Waals surface area contributed by atoms with Gasteiger partial charge in [-0.3, -0.25) is 9.80 Å². The highest BCUT2D eigenvalue weighted by atomic mass is 127. The molecule has 3 heterocycles. The second kappa shape index (κ2) is 12.3. The van der Waals surface area contributed by atoms with Crippen molar-refractivity contribution in [2.45, 2.75) is 57.7 Å². The number of likely N-dealkylation sites (tertiary alicyclic amines) is 1. The van der Waals surface area contributed by atoms with E-state index in [0.717, 1.165) is 69.6 Å². The molecule has 1 aromatic rings. The van der Waals surface area contributed by atoms with Crippen molar-refractivity contribution in [3.8, 4) is 0 Å². The number of aliphatic imine (C=N–C) groups is 1. The number of nitrogens with zero attached hydrogens (tertiary/aromatic N) is 6. The van der Waals surface area contributed by atoms with Gasteiger partial charge in [-0.25, -0.2) is 4.99 Å². The van der Waals surface area contributed by atoms with E-state index in [0.29, 0.717) is 12.6 Å². The molecule has 1 unspecified atom stereocenters. The van der Waals surface area contributed by atoms with Gasteiger partial charge < -0.3 is 19.9 Å². The lowest BCUT2D eigenvalue weighted by atomic mass is 10.2. The van der Waals surface area contributed by atoms with Crippen molar-refractivity contribution in [1.82, 2.24) is 35.2 Å². The quantitative estimate of drug-likeness (QED) is 0.302. The van der Waals surface area contributed by atoms with Crippen LogP contribution in [0.3, 0.4) is 0 Å². The Labute approximate surface area is 203 Å². The Morgan fingerprint density at radius 1 is 1.13 bits per heavy atom. The lowest BCUT2D eigenvalue weighted by Crippen LogP contribution is -2.48. The lowest BCUT2D eigenvalue weighted by molar-refractivity contribution is 0.0389. The maximum Gasteiger partial charge on any atom is 0.192 e. The van der Waals surface area contributed by atoms with Crippen molar-refractivity contribution < 1.29 is 4.74 Å². The summed E-state index contributed by atoms with van der Waals surface area (Å²) in [6, 6.07) is 1.26. The molecule has 0 bridgehead atoms. The van der Waals surface area contributed by atoms with E-state index in [1.165, 1.54) is 38.6 Å². The average Bonchev–Trinajstić information content (AvgIpc) is 3.50. The van der Waals surface area contributed by atoms with Crippen LogP contribution in [0.5, 0.6) is 0 Å². The Bertz CT molecular complexity index is 700. The van der Waals surface area contributed by atoms with E-state index < -0.39 is 0 Å². The predicted octanol–water partition coefficient (Wildman–Crippen LogP) is 1.13. The van der Waals surface area contributed by atoms with Crippen molar-refractivity contribution in [2.24, 2.45) is 12.0 Å². The molecule has 1 aliphatic carbocycles. The largest absolute Gasteiger partial charge is 0.379 e. The molecule has 3 aliphatic rings. The SMILES string of the molecule is Cc1nnc(CN=C(NCCN2CCOCC2)NC2CCN(C3CCCC3)C2)n1C.I. The van der Waals surface area contributed by atoms with E-state index in [-0.39, 0.29) is 24.0 Å². The molecular weight excluding hydrogens is 507 g/mol. The van der Waals surface area contributed by atoms with Gasteiger partial charge in [-0.15, -0.1) is 34.2 Å². The molecule has 4 rings (SSSR count). The summed E-state index contributed by atoms with van der Waals surface area (Å²) in [5.41, 5.74) is 0. The maximum atomic E-state index is 5.45. The summed E-state index contributed by atoms with van der Waals surface area (Å²) in [6.45, 7) is 10.4. The van der Waals surface area contributed by atoms with Crippen LogP contribution < -0.4 is 10.6 Å². The third kappa shape index (κ3) is 7.00. The van der Waals surface area contributed by atoms with Gasteiger partial charge in [-0.1, -0.05) is 12.8 Å². The molecule has 31 heavy (non-hydrogen) atoms. The highest BCUT2D eigenvalue weighted by Gasteiger charge is 2.30. The summed E-state index contributed by atoms with van der Waals surface area (Å²) in [5, 5.41) is 15.7. The first-order valence-electron chi connectivity index (χ1n) is 11.6. The Kier molecular flexibility index (Phi) is 9.79. The molecule has 0 spiro atoms. The molecule has 3 fully saturated rings. The van der Waals surface area contributed by atoms with Gasteiger partial charge in [0.2, 0.25) is 0 Å². The van der Waals surface area contributed by atoms with Crippen LogP contribution in [0.25, 0.3) is 0 Å². The van der Waals surface area contributed by atoms with Gasteiger partial charge in [0, 0.05) is 58.4 Å². The Hall–Kier alpha value is -0.980. The van der Waals surface area contributed by atoms with E-state index in [2.05, 4.69) is 30.6 Å². The number of halogens is 1. The third-order valence-electron chi connectivity index (χ3n) is 6.79. The Balaban J connectivity index is 0.00000272. The number of hydrogen-bond acceptors (Lipinski definition) is 6. The molecule has 0 aromatic carbocycles. The van der Waals surface area contributed by atoms with Gasteiger partial charge in [0.15, 0.2) is 11.8 Å². The van der Waals surface area contributed by atoms with Crippen LogP contribution in [-0.4, -0.2) is 95.1 Å². The smallest absolute Gasteiger partial charge is 0.192 e. The highest BCUT2D eigenvalue weighted by Crippen LogP contribution is 2.26. The zero-order valence-corrected chi connectivity index (χ0v) is 21.4. The highest BCUT2D eigenvalue weighted by molar-refractivity contribution is 14.0. The van der Waals surface area contributed by atoms with Crippen LogP contribution in [0.2, 0.25) is 0 Å². The summed E-state index contributed by atoms with van der Waals surface area (Å²) in [7, 11) is 2.00. The Morgan fingerprint density at radius 2 is 1.90 bits per heavy atom. The topological polar surface area (TPSA) is 82.8 Å². The van der Waals surface area contributed by atoms with Crippen molar-refractivity contribution in [2.75, 3.05) is 52.5 Å². The zero-order chi connectivity index (χ0) is 20.8. The molecule has 1 saturated carbocycles. The molecule has 0 amide bonds. The normalized spacial score (nSPS) is 23.8.